The van der Waals surface area contributed by atoms with Gasteiger partial charge in [-0.2, -0.15) is 0 Å². The van der Waals surface area contributed by atoms with E-state index >= 15 is 0 Å². The number of H-pyrrole nitrogens is 1. The normalized spacial score (nSPS) is 11.8. The molecule has 170 valence electrons. The van der Waals surface area contributed by atoms with Gasteiger partial charge in [0.25, 0.3) is 0 Å². The molecule has 3 N–H and O–H groups in total. The van der Waals surface area contributed by atoms with Crippen LogP contribution in [0.25, 0.3) is 17.3 Å². The molecule has 2 heterocycles. The number of anilines is 1. The molecule has 0 bridgehead atoms. The molecule has 0 aliphatic carbocycles. The van der Waals surface area contributed by atoms with Gasteiger partial charge in [0.05, 0.1) is 17.9 Å². The van der Waals surface area contributed by atoms with Crippen molar-refractivity contribution < 1.29 is 4.39 Å². The highest BCUT2D eigenvalue weighted by Gasteiger charge is 2.11. The van der Waals surface area contributed by atoms with Crippen molar-refractivity contribution in [3.8, 4) is 11.3 Å². The lowest BCUT2D eigenvalue weighted by molar-refractivity contribution is 0.628. The van der Waals surface area contributed by atoms with Gasteiger partial charge in [0.2, 0.25) is 0 Å². The molecule has 0 fully saturated rings. The predicted molar refractivity (Wildman–Crippen MR) is 130 cm³/mol. The highest BCUT2D eigenvalue weighted by molar-refractivity contribution is 5.63. The average Bonchev–Trinajstić information content (AvgIpc) is 3.40. The third kappa shape index (κ3) is 6.38. The Morgan fingerprint density at radius 3 is 2.58 bits per heavy atom. The lowest BCUT2D eigenvalue weighted by Crippen LogP contribution is -1.99. The Hall–Kier alpha value is -3.74. The molecule has 0 radical (unpaired) electrons. The molecule has 0 saturated heterocycles. The van der Waals surface area contributed by atoms with Crippen molar-refractivity contribution in [2.24, 2.45) is 0 Å². The van der Waals surface area contributed by atoms with Gasteiger partial charge in [0.15, 0.2) is 5.95 Å². The highest BCUT2D eigenvalue weighted by Crippen LogP contribution is 2.24. The molecule has 0 saturated carbocycles. The Morgan fingerprint density at radius 1 is 1.03 bits per heavy atom. The van der Waals surface area contributed by atoms with Crippen molar-refractivity contribution in [2.75, 3.05) is 5.73 Å². The molecule has 4 rings (SSSR count). The van der Waals surface area contributed by atoms with Gasteiger partial charge in [-0.15, -0.1) is 5.10 Å². The first-order valence-electron chi connectivity index (χ1n) is 11.3. The van der Waals surface area contributed by atoms with Crippen LogP contribution in [0.2, 0.25) is 0 Å². The molecule has 4 aromatic rings. The lowest BCUT2D eigenvalue weighted by Gasteiger charge is -2.03. The van der Waals surface area contributed by atoms with Crippen molar-refractivity contribution in [1.82, 2.24) is 25.0 Å². The van der Waals surface area contributed by atoms with Crippen molar-refractivity contribution >= 4 is 12.0 Å². The molecule has 0 amide bonds. The zero-order valence-electron chi connectivity index (χ0n) is 18.8. The first-order chi connectivity index (χ1) is 16.1. The first-order valence-corrected chi connectivity index (χ1v) is 11.3. The van der Waals surface area contributed by atoms with E-state index < -0.39 is 0 Å². The van der Waals surface area contributed by atoms with Gasteiger partial charge in [-0.25, -0.2) is 14.1 Å². The maximum atomic E-state index is 13.2. The topological polar surface area (TPSA) is 85.4 Å². The second-order valence-electron chi connectivity index (χ2n) is 8.33. The van der Waals surface area contributed by atoms with E-state index in [0.717, 1.165) is 61.3 Å². The fourth-order valence-corrected chi connectivity index (χ4v) is 3.91. The minimum absolute atomic E-state index is 0.261. The number of nitrogens with one attached hydrogen (secondary N) is 1. The molecule has 33 heavy (non-hydrogen) atoms. The molecule has 2 aromatic heterocycles. The number of aryl methyl sites for hydroxylation is 2. The van der Waals surface area contributed by atoms with Crippen LogP contribution in [0, 0.1) is 5.82 Å². The lowest BCUT2D eigenvalue weighted by atomic mass is 10.0. The molecule has 0 aliphatic rings. The minimum Gasteiger partial charge on any atom is -0.369 e. The van der Waals surface area contributed by atoms with E-state index in [-0.39, 0.29) is 5.82 Å². The van der Waals surface area contributed by atoms with E-state index in [4.69, 9.17) is 5.73 Å². The summed E-state index contributed by atoms with van der Waals surface area (Å²) in [5.41, 5.74) is 12.0. The van der Waals surface area contributed by atoms with Crippen LogP contribution in [-0.4, -0.2) is 25.0 Å². The van der Waals surface area contributed by atoms with Gasteiger partial charge in [0, 0.05) is 17.5 Å². The smallest absolute Gasteiger partial charge is 0.198 e. The summed E-state index contributed by atoms with van der Waals surface area (Å²) in [4.78, 5) is 7.53. The number of imidazole rings is 1. The van der Waals surface area contributed by atoms with Crippen molar-refractivity contribution in [1.29, 1.82) is 0 Å². The number of aromatic amines is 1. The summed E-state index contributed by atoms with van der Waals surface area (Å²) in [5.74, 6) is 0.126. The molecule has 7 heteroatoms. The third-order valence-corrected chi connectivity index (χ3v) is 5.48. The van der Waals surface area contributed by atoms with Crippen LogP contribution in [0.3, 0.4) is 0 Å². The van der Waals surface area contributed by atoms with Crippen LogP contribution >= 0.6 is 0 Å². The van der Waals surface area contributed by atoms with Crippen LogP contribution in [0.1, 0.15) is 43.1 Å². The number of halogens is 1. The molecular formula is C26H29FN6. The molecule has 0 atom stereocenters. The van der Waals surface area contributed by atoms with Crippen LogP contribution in [0.4, 0.5) is 10.3 Å². The van der Waals surface area contributed by atoms with Gasteiger partial charge in [-0.05, 0) is 62.4 Å². The zero-order chi connectivity index (χ0) is 23.0. The van der Waals surface area contributed by atoms with E-state index in [1.54, 1.807) is 12.1 Å². The Bertz CT molecular complexity index is 1190. The summed E-state index contributed by atoms with van der Waals surface area (Å²) in [6.07, 6.45) is 9.04. The van der Waals surface area contributed by atoms with Crippen LogP contribution in [-0.2, 0) is 19.4 Å². The van der Waals surface area contributed by atoms with Gasteiger partial charge in [-0.3, -0.25) is 0 Å². The third-order valence-electron chi connectivity index (χ3n) is 5.48. The van der Waals surface area contributed by atoms with Crippen LogP contribution in [0.5, 0.6) is 0 Å². The first kappa shape index (κ1) is 22.5. The summed E-state index contributed by atoms with van der Waals surface area (Å²) in [6.45, 7) is 2.84. The number of nitrogens with zero attached hydrogens (tertiary/aromatic N) is 4. The second kappa shape index (κ2) is 10.7. The van der Waals surface area contributed by atoms with Gasteiger partial charge in [-0.1, -0.05) is 53.6 Å². The standard InChI is InChI=1S/C26H29FN6/c1-19(16-20-8-4-2-5-9-20)17-33-18-23(31-32-33)10-6-3-7-11-24-25(30-26(28)29-24)21-12-14-22(27)15-13-21/h2,4-5,8-9,12-16,18H,3,6-7,10-11,17H2,1H3,(H3,28,29,30)/b19-16+. The maximum Gasteiger partial charge on any atom is 0.198 e. The number of aromatic nitrogens is 5. The van der Waals surface area contributed by atoms with E-state index in [0.29, 0.717) is 5.95 Å². The number of rotatable bonds is 10. The molecular weight excluding hydrogens is 415 g/mol. The van der Waals surface area contributed by atoms with Crippen molar-refractivity contribution in [2.45, 2.75) is 45.6 Å². The minimum atomic E-state index is -0.261. The van der Waals surface area contributed by atoms with Gasteiger partial charge >= 0.3 is 0 Å². The maximum absolute atomic E-state index is 13.2. The Labute approximate surface area is 193 Å². The quantitative estimate of drug-likeness (QED) is 0.319. The number of unbranched alkanes of at least 4 members (excludes halogenated alkanes) is 2. The fourth-order valence-electron chi connectivity index (χ4n) is 3.91. The largest absolute Gasteiger partial charge is 0.369 e. The van der Waals surface area contributed by atoms with Crippen LogP contribution < -0.4 is 5.73 Å². The van der Waals surface area contributed by atoms with E-state index in [1.165, 1.54) is 23.3 Å². The number of benzene rings is 2. The number of nitrogen functional groups attached to an aromatic ring is 1. The monoisotopic (exact) mass is 444 g/mol. The molecule has 0 spiro atoms. The highest BCUT2D eigenvalue weighted by atomic mass is 19.1. The van der Waals surface area contributed by atoms with E-state index in [1.807, 2.05) is 29.1 Å². The van der Waals surface area contributed by atoms with Crippen molar-refractivity contribution in [3.63, 3.8) is 0 Å². The summed E-state index contributed by atoms with van der Waals surface area (Å²) < 4.78 is 15.1. The summed E-state index contributed by atoms with van der Waals surface area (Å²) in [7, 11) is 0. The molecule has 0 unspecified atom stereocenters. The fraction of sp³-hybridized carbons (Fsp3) is 0.269. The van der Waals surface area contributed by atoms with E-state index in [2.05, 4.69) is 45.4 Å². The Morgan fingerprint density at radius 2 is 1.79 bits per heavy atom. The molecule has 2 aromatic carbocycles. The summed E-state index contributed by atoms with van der Waals surface area (Å²) in [6, 6.07) is 16.6. The van der Waals surface area contributed by atoms with Gasteiger partial charge < -0.3 is 10.7 Å². The number of nitrogens with two attached hydrogens (primary N) is 1. The number of hydrogen-bond donors (Lipinski definition) is 2. The summed E-state index contributed by atoms with van der Waals surface area (Å²) in [5, 5.41) is 8.59. The average molecular weight is 445 g/mol. The van der Waals surface area contributed by atoms with Gasteiger partial charge in [0.1, 0.15) is 5.82 Å². The summed E-state index contributed by atoms with van der Waals surface area (Å²) >= 11 is 0. The number of allylic oxidation sites excluding steroid dienone is 1. The Balaban J connectivity index is 1.23. The Kier molecular flexibility index (Phi) is 7.29. The predicted octanol–water partition coefficient (Wildman–Crippen LogP) is 5.45. The van der Waals surface area contributed by atoms with Crippen LogP contribution in [0.15, 0.2) is 66.4 Å². The van der Waals surface area contributed by atoms with Crippen molar-refractivity contribution in [3.05, 3.63) is 89.1 Å². The van der Waals surface area contributed by atoms with E-state index in [9.17, 15) is 4.39 Å². The number of hydrogen-bond acceptors (Lipinski definition) is 4. The molecule has 6 nitrogen and oxygen atoms in total. The molecule has 0 aliphatic heterocycles. The second-order valence-corrected chi connectivity index (χ2v) is 8.33. The zero-order valence-corrected chi connectivity index (χ0v) is 18.8. The SMILES string of the molecule is C/C(=C\c1ccccc1)Cn1cc(CCCCCc2[nH]c(N)nc2-c2ccc(F)cc2)nn1.